The Morgan fingerprint density at radius 2 is 1.89 bits per heavy atom. The topological polar surface area (TPSA) is 29.5 Å². The first kappa shape index (κ1) is 25.9. The molecule has 1 saturated carbocycles. The Hall–Kier alpha value is -2.21. The van der Waals surface area contributed by atoms with E-state index in [1.165, 1.54) is 12.1 Å². The summed E-state index contributed by atoms with van der Waals surface area (Å²) < 4.78 is 41.7. The maximum Gasteiger partial charge on any atom is 0.573 e. The molecule has 3 atom stereocenters. The van der Waals surface area contributed by atoms with Crippen LogP contribution in [0.3, 0.4) is 0 Å². The Morgan fingerprint density at radius 1 is 1.23 bits per heavy atom. The van der Waals surface area contributed by atoms with E-state index in [4.69, 9.17) is 11.6 Å². The minimum atomic E-state index is -4.74. The monoisotopic (exact) mass is 507 g/mol. The van der Waals surface area contributed by atoms with E-state index in [-0.39, 0.29) is 28.9 Å². The quantitative estimate of drug-likeness (QED) is 0.419. The molecule has 0 saturated heterocycles. The van der Waals surface area contributed by atoms with Gasteiger partial charge in [0.1, 0.15) is 5.75 Å². The molecule has 2 aromatic carbocycles. The van der Waals surface area contributed by atoms with Crippen LogP contribution in [0, 0.1) is 18.8 Å². The number of carbonyl (C=O) groups is 1. The third kappa shape index (κ3) is 4.91. The van der Waals surface area contributed by atoms with E-state index in [0.29, 0.717) is 29.6 Å². The number of hydrogen-bond donors (Lipinski definition) is 0. The largest absolute Gasteiger partial charge is 0.573 e. The average Bonchev–Trinajstić information content (AvgIpc) is 2.85. The van der Waals surface area contributed by atoms with Gasteiger partial charge in [-0.15, -0.1) is 13.2 Å². The fraction of sp³-hybridized carbons (Fsp3) is 0.536. The molecule has 3 unspecified atom stereocenters. The van der Waals surface area contributed by atoms with Crippen LogP contribution in [0.5, 0.6) is 5.75 Å². The van der Waals surface area contributed by atoms with Gasteiger partial charge in [0.05, 0.1) is 10.6 Å². The van der Waals surface area contributed by atoms with Crippen molar-refractivity contribution >= 4 is 17.5 Å². The highest BCUT2D eigenvalue weighted by Crippen LogP contribution is 2.52. The van der Waals surface area contributed by atoms with Gasteiger partial charge in [-0.3, -0.25) is 4.79 Å². The number of nitrogens with zero attached hydrogens (tertiary/aromatic N) is 1. The van der Waals surface area contributed by atoms with E-state index in [1.807, 2.05) is 4.90 Å². The normalized spacial score (nSPS) is 24.7. The summed E-state index contributed by atoms with van der Waals surface area (Å²) in [6.07, 6.45) is -1.53. The number of alkyl halides is 3. The van der Waals surface area contributed by atoms with Crippen LogP contribution in [0.4, 0.5) is 13.2 Å². The van der Waals surface area contributed by atoms with Crippen LogP contribution in [-0.2, 0) is 12.0 Å². The molecule has 1 aliphatic heterocycles. The van der Waals surface area contributed by atoms with Gasteiger partial charge in [0.15, 0.2) is 0 Å². The van der Waals surface area contributed by atoms with Crippen LogP contribution < -0.4 is 4.74 Å². The number of carbonyl (C=O) groups excluding carboxylic acids is 1. The first-order valence-electron chi connectivity index (χ1n) is 12.3. The van der Waals surface area contributed by atoms with E-state index in [9.17, 15) is 18.0 Å². The zero-order chi connectivity index (χ0) is 25.7. The Kier molecular flexibility index (Phi) is 6.91. The predicted molar refractivity (Wildman–Crippen MR) is 132 cm³/mol. The molecule has 2 aromatic rings. The van der Waals surface area contributed by atoms with Crippen molar-refractivity contribution in [3.05, 3.63) is 63.2 Å². The molecule has 1 aliphatic carbocycles. The van der Waals surface area contributed by atoms with Crippen molar-refractivity contribution in [1.82, 2.24) is 4.90 Å². The molecule has 0 spiro atoms. The summed E-state index contributed by atoms with van der Waals surface area (Å²) in [7, 11) is 0. The van der Waals surface area contributed by atoms with Crippen LogP contribution in [0.25, 0.3) is 0 Å². The van der Waals surface area contributed by atoms with Gasteiger partial charge in [-0.25, -0.2) is 0 Å². The smallest absolute Gasteiger partial charge is 0.406 e. The molecule has 1 heterocycles. The van der Waals surface area contributed by atoms with Crippen molar-refractivity contribution in [3.8, 4) is 5.75 Å². The third-order valence-corrected chi connectivity index (χ3v) is 8.40. The summed E-state index contributed by atoms with van der Waals surface area (Å²) in [5.74, 6) is 0.483. The predicted octanol–water partition coefficient (Wildman–Crippen LogP) is 8.02. The Morgan fingerprint density at radius 3 is 2.49 bits per heavy atom. The molecule has 1 fully saturated rings. The summed E-state index contributed by atoms with van der Waals surface area (Å²) in [6, 6.07) is 7.90. The van der Waals surface area contributed by atoms with Gasteiger partial charge in [0.2, 0.25) is 0 Å². The minimum absolute atomic E-state index is 0.103. The standard InChI is InChI=1S/C28H33ClF3NO2/c1-16(2)21-13-18(4)24-23(25(21)29)26(34)33(15-22-17(3)7-6-12-27(22,24)5)14-19-8-10-20(11-9-19)35-28(30,31)32/h8-11,13,16-17,22H,6-7,12,14-15H2,1-5H3. The Bertz CT molecular complexity index is 1110. The van der Waals surface area contributed by atoms with Gasteiger partial charge in [-0.2, -0.15) is 0 Å². The van der Waals surface area contributed by atoms with Gasteiger partial charge in [-0.05, 0) is 70.9 Å². The number of aryl methyl sites for hydroxylation is 1. The van der Waals surface area contributed by atoms with Crippen LogP contribution in [0.1, 0.15) is 85.5 Å². The van der Waals surface area contributed by atoms with Crippen molar-refractivity contribution < 1.29 is 22.7 Å². The van der Waals surface area contributed by atoms with Crippen molar-refractivity contribution in [2.24, 2.45) is 11.8 Å². The van der Waals surface area contributed by atoms with E-state index in [2.05, 4.69) is 45.4 Å². The Labute approximate surface area is 210 Å². The fourth-order valence-corrected chi connectivity index (χ4v) is 6.75. The number of rotatable bonds is 4. The minimum Gasteiger partial charge on any atom is -0.406 e. The average molecular weight is 508 g/mol. The third-order valence-electron chi connectivity index (χ3n) is 7.99. The van der Waals surface area contributed by atoms with Gasteiger partial charge in [0.25, 0.3) is 5.91 Å². The number of benzene rings is 2. The van der Waals surface area contributed by atoms with E-state index >= 15 is 0 Å². The molecular formula is C28H33ClF3NO2. The van der Waals surface area contributed by atoms with Crippen LogP contribution >= 0.6 is 11.6 Å². The van der Waals surface area contributed by atoms with Crippen LogP contribution in [-0.4, -0.2) is 23.7 Å². The highest BCUT2D eigenvalue weighted by molar-refractivity contribution is 6.35. The second-order valence-electron chi connectivity index (χ2n) is 10.8. The summed E-state index contributed by atoms with van der Waals surface area (Å²) in [6.45, 7) is 11.7. The first-order chi connectivity index (χ1) is 16.3. The van der Waals surface area contributed by atoms with Crippen molar-refractivity contribution in [2.45, 2.75) is 78.1 Å². The van der Waals surface area contributed by atoms with Gasteiger partial charge < -0.3 is 9.64 Å². The molecule has 4 rings (SSSR count). The molecule has 0 N–H and O–H groups in total. The van der Waals surface area contributed by atoms with Crippen molar-refractivity contribution in [3.63, 3.8) is 0 Å². The van der Waals surface area contributed by atoms with Crippen molar-refractivity contribution in [2.75, 3.05) is 6.54 Å². The highest BCUT2D eigenvalue weighted by atomic mass is 35.5. The summed E-state index contributed by atoms with van der Waals surface area (Å²) in [4.78, 5) is 15.9. The number of ether oxygens (including phenoxy) is 1. The molecule has 0 bridgehead atoms. The summed E-state index contributed by atoms with van der Waals surface area (Å²) in [5.41, 5.74) is 4.32. The number of hydrogen-bond acceptors (Lipinski definition) is 2. The molecular weight excluding hydrogens is 475 g/mol. The molecule has 0 radical (unpaired) electrons. The molecule has 35 heavy (non-hydrogen) atoms. The summed E-state index contributed by atoms with van der Waals surface area (Å²) >= 11 is 6.97. The van der Waals surface area contributed by atoms with Crippen molar-refractivity contribution in [1.29, 1.82) is 0 Å². The van der Waals surface area contributed by atoms with Crippen LogP contribution in [0.2, 0.25) is 5.02 Å². The second kappa shape index (κ2) is 9.34. The summed E-state index contributed by atoms with van der Waals surface area (Å²) in [5, 5.41) is 0.532. The highest BCUT2D eigenvalue weighted by Gasteiger charge is 2.48. The molecule has 3 nitrogen and oxygen atoms in total. The second-order valence-corrected chi connectivity index (χ2v) is 11.2. The number of halogens is 4. The zero-order valence-corrected chi connectivity index (χ0v) is 21.7. The van der Waals surface area contributed by atoms with E-state index in [1.54, 1.807) is 12.1 Å². The van der Waals surface area contributed by atoms with E-state index in [0.717, 1.165) is 41.5 Å². The molecule has 1 amide bonds. The molecule has 2 aliphatic rings. The SMILES string of the molecule is Cc1cc(C(C)C)c(Cl)c2c1C1(C)CCCC(C)C1CN(Cc1ccc(OC(F)(F)F)cc1)C2=O. The van der Waals surface area contributed by atoms with Gasteiger partial charge >= 0.3 is 6.36 Å². The fourth-order valence-electron chi connectivity index (χ4n) is 6.31. The maximum absolute atomic E-state index is 14.1. The lowest BCUT2D eigenvalue weighted by molar-refractivity contribution is -0.274. The Balaban J connectivity index is 1.78. The lowest BCUT2D eigenvalue weighted by Crippen LogP contribution is -2.44. The molecule has 190 valence electrons. The molecule has 0 aromatic heterocycles. The maximum atomic E-state index is 14.1. The lowest BCUT2D eigenvalue weighted by Gasteiger charge is -2.46. The zero-order valence-electron chi connectivity index (χ0n) is 20.9. The van der Waals surface area contributed by atoms with Gasteiger partial charge in [-0.1, -0.05) is 70.3 Å². The van der Waals surface area contributed by atoms with Crippen LogP contribution in [0.15, 0.2) is 30.3 Å². The molecule has 7 heteroatoms. The van der Waals surface area contributed by atoms with Gasteiger partial charge in [0, 0.05) is 13.1 Å². The number of amides is 1. The first-order valence-corrected chi connectivity index (χ1v) is 12.7. The number of fused-ring (bicyclic) bond motifs is 3. The van der Waals surface area contributed by atoms with E-state index < -0.39 is 6.36 Å². The lowest BCUT2D eigenvalue weighted by atomic mass is 9.59.